The van der Waals surface area contributed by atoms with Crippen LogP contribution >= 0.6 is 0 Å². The molecule has 0 saturated carbocycles. The number of carboxylic acid groups (broad SMARTS) is 1. The Bertz CT molecular complexity index is 294. The number of carbonyl (C=O) groups is 2. The van der Waals surface area contributed by atoms with Crippen molar-refractivity contribution in [1.82, 2.24) is 15.1 Å². The second kappa shape index (κ2) is 5.86. The molecule has 1 aliphatic rings. The van der Waals surface area contributed by atoms with E-state index in [2.05, 4.69) is 10.2 Å². The lowest BCUT2D eigenvalue weighted by Crippen LogP contribution is -2.47. The minimum atomic E-state index is -0.982. The number of nitrogens with one attached hydrogen (secondary N) is 1. The average molecular weight is 243 g/mol. The molecule has 0 spiro atoms. The van der Waals surface area contributed by atoms with E-state index in [0.29, 0.717) is 25.6 Å². The molecule has 17 heavy (non-hydrogen) atoms. The second-order valence-electron chi connectivity index (χ2n) is 4.60. The largest absolute Gasteiger partial charge is 0.480 e. The van der Waals surface area contributed by atoms with Gasteiger partial charge in [-0.2, -0.15) is 0 Å². The molecule has 6 heteroatoms. The molecule has 1 fully saturated rings. The number of hydrogen-bond acceptors (Lipinski definition) is 3. The van der Waals surface area contributed by atoms with Gasteiger partial charge >= 0.3 is 12.0 Å². The average Bonchev–Trinajstić information content (AvgIpc) is 2.74. The van der Waals surface area contributed by atoms with Crippen molar-refractivity contribution in [2.75, 3.05) is 27.2 Å². The number of carboxylic acids is 1. The van der Waals surface area contributed by atoms with Crippen LogP contribution in [0.1, 0.15) is 19.8 Å². The minimum absolute atomic E-state index is 0.274. The predicted octanol–water partition coefficient (Wildman–Crippen LogP) is 0.195. The summed E-state index contributed by atoms with van der Waals surface area (Å²) in [4.78, 5) is 26.4. The maximum atomic E-state index is 11.8. The third kappa shape index (κ3) is 3.59. The molecule has 1 aliphatic heterocycles. The van der Waals surface area contributed by atoms with Crippen LogP contribution in [0.15, 0.2) is 0 Å². The SMILES string of the molecule is CC[C@H](NC(=O)N1CCC(N(C)C)C1)C(=O)O. The van der Waals surface area contributed by atoms with Gasteiger partial charge in [0.2, 0.25) is 0 Å². The van der Waals surface area contributed by atoms with Crippen molar-refractivity contribution >= 4 is 12.0 Å². The summed E-state index contributed by atoms with van der Waals surface area (Å²) in [6, 6.07) is -0.699. The summed E-state index contributed by atoms with van der Waals surface area (Å²) in [7, 11) is 3.97. The number of likely N-dealkylation sites (tertiary alicyclic amines) is 1. The van der Waals surface area contributed by atoms with Crippen LogP contribution in [-0.4, -0.2) is 66.2 Å². The summed E-state index contributed by atoms with van der Waals surface area (Å²) in [5.74, 6) is -0.982. The van der Waals surface area contributed by atoms with E-state index in [-0.39, 0.29) is 6.03 Å². The van der Waals surface area contributed by atoms with Crippen molar-refractivity contribution in [2.45, 2.75) is 31.8 Å². The quantitative estimate of drug-likeness (QED) is 0.739. The van der Waals surface area contributed by atoms with Crippen LogP contribution in [-0.2, 0) is 4.79 Å². The topological polar surface area (TPSA) is 72.9 Å². The van der Waals surface area contributed by atoms with Crippen LogP contribution in [0.5, 0.6) is 0 Å². The number of hydrogen-bond donors (Lipinski definition) is 2. The van der Waals surface area contributed by atoms with E-state index in [9.17, 15) is 9.59 Å². The standard InChI is InChI=1S/C11H21N3O3/c1-4-9(10(15)16)12-11(17)14-6-5-8(7-14)13(2)3/h8-9H,4-7H2,1-3H3,(H,12,17)(H,15,16)/t8?,9-/m0/s1. The highest BCUT2D eigenvalue weighted by Crippen LogP contribution is 2.13. The van der Waals surface area contributed by atoms with Crippen molar-refractivity contribution in [3.63, 3.8) is 0 Å². The Kier molecular flexibility index (Phi) is 4.74. The zero-order chi connectivity index (χ0) is 13.0. The van der Waals surface area contributed by atoms with Crippen LogP contribution < -0.4 is 5.32 Å². The van der Waals surface area contributed by atoms with Gasteiger partial charge in [0, 0.05) is 19.1 Å². The number of likely N-dealkylation sites (N-methyl/N-ethyl adjacent to an activating group) is 1. The van der Waals surface area contributed by atoms with Crippen molar-refractivity contribution in [2.24, 2.45) is 0 Å². The Morgan fingerprint density at radius 1 is 1.53 bits per heavy atom. The molecule has 1 saturated heterocycles. The van der Waals surface area contributed by atoms with Crippen molar-refractivity contribution in [1.29, 1.82) is 0 Å². The molecule has 2 amide bonds. The molecule has 2 N–H and O–H groups in total. The fourth-order valence-electron chi connectivity index (χ4n) is 1.93. The molecule has 0 aromatic carbocycles. The fourth-order valence-corrected chi connectivity index (χ4v) is 1.93. The molecular formula is C11H21N3O3. The van der Waals surface area contributed by atoms with E-state index in [1.807, 2.05) is 14.1 Å². The fraction of sp³-hybridized carbons (Fsp3) is 0.818. The van der Waals surface area contributed by atoms with Gasteiger partial charge in [-0.05, 0) is 26.9 Å². The summed E-state index contributed by atoms with van der Waals surface area (Å²) in [6.45, 7) is 3.09. The highest BCUT2D eigenvalue weighted by atomic mass is 16.4. The highest BCUT2D eigenvalue weighted by Gasteiger charge is 2.29. The van der Waals surface area contributed by atoms with Crippen LogP contribution in [0.2, 0.25) is 0 Å². The second-order valence-corrected chi connectivity index (χ2v) is 4.60. The van der Waals surface area contributed by atoms with Gasteiger partial charge in [-0.25, -0.2) is 9.59 Å². The monoisotopic (exact) mass is 243 g/mol. The van der Waals surface area contributed by atoms with E-state index >= 15 is 0 Å². The summed E-state index contributed by atoms with van der Waals surface area (Å²) < 4.78 is 0. The van der Waals surface area contributed by atoms with Crippen molar-refractivity contribution < 1.29 is 14.7 Å². The summed E-state index contributed by atoms with van der Waals surface area (Å²) in [5.41, 5.74) is 0. The van der Waals surface area contributed by atoms with Crippen LogP contribution in [0, 0.1) is 0 Å². The Balaban J connectivity index is 2.47. The third-order valence-electron chi connectivity index (χ3n) is 3.18. The first-order valence-corrected chi connectivity index (χ1v) is 5.90. The first kappa shape index (κ1) is 13.8. The summed E-state index contributed by atoms with van der Waals surface area (Å²) >= 11 is 0. The Morgan fingerprint density at radius 3 is 2.59 bits per heavy atom. The Hall–Kier alpha value is -1.30. The number of amides is 2. The number of carbonyl (C=O) groups excluding carboxylic acids is 1. The first-order chi connectivity index (χ1) is 7.95. The Labute approximate surface area is 102 Å². The van der Waals surface area contributed by atoms with Crippen molar-refractivity contribution in [3.05, 3.63) is 0 Å². The van der Waals surface area contributed by atoms with Crippen LogP contribution in [0.4, 0.5) is 4.79 Å². The number of urea groups is 1. The molecule has 1 unspecified atom stereocenters. The molecule has 2 atom stereocenters. The maximum Gasteiger partial charge on any atom is 0.326 e. The van der Waals surface area contributed by atoms with Crippen molar-refractivity contribution in [3.8, 4) is 0 Å². The van der Waals surface area contributed by atoms with Crippen LogP contribution in [0.3, 0.4) is 0 Å². The lowest BCUT2D eigenvalue weighted by molar-refractivity contribution is -0.139. The van der Waals surface area contributed by atoms with Gasteiger partial charge in [0.25, 0.3) is 0 Å². The van der Waals surface area contributed by atoms with Gasteiger partial charge in [-0.3, -0.25) is 0 Å². The molecular weight excluding hydrogens is 222 g/mol. The normalized spacial score (nSPS) is 21.6. The van der Waals surface area contributed by atoms with E-state index in [1.54, 1.807) is 11.8 Å². The molecule has 0 aromatic rings. The maximum absolute atomic E-state index is 11.8. The first-order valence-electron chi connectivity index (χ1n) is 5.90. The lowest BCUT2D eigenvalue weighted by Gasteiger charge is -2.22. The highest BCUT2D eigenvalue weighted by molar-refractivity contribution is 5.82. The molecule has 98 valence electrons. The molecule has 0 aliphatic carbocycles. The molecule has 0 bridgehead atoms. The Morgan fingerprint density at radius 2 is 2.18 bits per heavy atom. The predicted molar refractivity (Wildman–Crippen MR) is 63.9 cm³/mol. The zero-order valence-corrected chi connectivity index (χ0v) is 10.6. The van der Waals surface area contributed by atoms with E-state index in [4.69, 9.17) is 5.11 Å². The number of aliphatic carboxylic acids is 1. The van der Waals surface area contributed by atoms with Crippen LogP contribution in [0.25, 0.3) is 0 Å². The van der Waals surface area contributed by atoms with Gasteiger partial charge in [-0.15, -0.1) is 0 Å². The number of rotatable bonds is 4. The van der Waals surface area contributed by atoms with Gasteiger partial charge in [-0.1, -0.05) is 6.92 Å². The third-order valence-corrected chi connectivity index (χ3v) is 3.18. The van der Waals surface area contributed by atoms with Gasteiger partial charge < -0.3 is 20.2 Å². The van der Waals surface area contributed by atoms with Gasteiger partial charge in [0.15, 0.2) is 0 Å². The summed E-state index contributed by atoms with van der Waals surface area (Å²) in [5, 5.41) is 11.4. The smallest absolute Gasteiger partial charge is 0.326 e. The van der Waals surface area contributed by atoms with Gasteiger partial charge in [0.1, 0.15) is 6.04 Å². The number of nitrogens with zero attached hydrogens (tertiary/aromatic N) is 2. The van der Waals surface area contributed by atoms with E-state index < -0.39 is 12.0 Å². The molecule has 0 radical (unpaired) electrons. The zero-order valence-electron chi connectivity index (χ0n) is 10.6. The summed E-state index contributed by atoms with van der Waals surface area (Å²) in [6.07, 6.45) is 1.33. The minimum Gasteiger partial charge on any atom is -0.480 e. The molecule has 1 heterocycles. The lowest BCUT2D eigenvalue weighted by atomic mass is 10.2. The van der Waals surface area contributed by atoms with Gasteiger partial charge in [0.05, 0.1) is 0 Å². The van der Waals surface area contributed by atoms with E-state index in [0.717, 1.165) is 6.42 Å². The van der Waals surface area contributed by atoms with E-state index in [1.165, 1.54) is 0 Å². The molecule has 0 aromatic heterocycles. The molecule has 6 nitrogen and oxygen atoms in total. The molecule has 1 rings (SSSR count).